The molecular weight excluding hydrogens is 409 g/mol. The van der Waals surface area contributed by atoms with Crippen LogP contribution in [-0.4, -0.2) is 73.7 Å². The molecule has 164 valence electrons. The minimum absolute atomic E-state index is 0.00140. The monoisotopic (exact) mass is 431 g/mol. The fourth-order valence-electron chi connectivity index (χ4n) is 3.41. The summed E-state index contributed by atoms with van der Waals surface area (Å²) in [5.74, 6) is -0.217. The van der Waals surface area contributed by atoms with Crippen molar-refractivity contribution < 1.29 is 18.8 Å². The molecule has 0 bridgehead atoms. The number of benzene rings is 1. The Morgan fingerprint density at radius 3 is 2.48 bits per heavy atom. The van der Waals surface area contributed by atoms with E-state index in [-0.39, 0.29) is 17.5 Å². The molecule has 4 rings (SSSR count). The van der Waals surface area contributed by atoms with Crippen LogP contribution in [0, 0.1) is 15.9 Å². The molecule has 1 N–H and O–H groups in total. The van der Waals surface area contributed by atoms with Crippen molar-refractivity contribution in [1.82, 2.24) is 9.97 Å². The number of nitro benzene ring substituents is 1. The molecule has 2 aromatic rings. The molecule has 1 aromatic heterocycles. The van der Waals surface area contributed by atoms with E-state index in [1.807, 2.05) is 4.90 Å². The van der Waals surface area contributed by atoms with Crippen LogP contribution in [-0.2, 0) is 9.47 Å². The fourth-order valence-corrected chi connectivity index (χ4v) is 3.41. The SMILES string of the molecule is O=[N+]([O-])c1cc(/C=N\Nc2ncc(F)c(N3CCOCC3)n2)ccc1N1CCOCC1. The molecule has 2 fully saturated rings. The second kappa shape index (κ2) is 9.62. The van der Waals surface area contributed by atoms with Gasteiger partial charge in [0.05, 0.1) is 43.8 Å². The molecule has 2 aliphatic heterocycles. The average Bonchev–Trinajstić information content (AvgIpc) is 2.81. The van der Waals surface area contributed by atoms with Crippen molar-refractivity contribution >= 4 is 29.4 Å². The Morgan fingerprint density at radius 2 is 1.81 bits per heavy atom. The molecule has 0 spiro atoms. The lowest BCUT2D eigenvalue weighted by molar-refractivity contribution is -0.384. The summed E-state index contributed by atoms with van der Waals surface area (Å²) in [7, 11) is 0. The number of morpholine rings is 2. The van der Waals surface area contributed by atoms with Crippen LogP contribution in [0.2, 0.25) is 0 Å². The molecule has 0 radical (unpaired) electrons. The first-order valence-corrected chi connectivity index (χ1v) is 9.87. The first-order valence-electron chi connectivity index (χ1n) is 9.87. The van der Waals surface area contributed by atoms with Crippen molar-refractivity contribution in [3.8, 4) is 0 Å². The molecule has 0 saturated carbocycles. The van der Waals surface area contributed by atoms with E-state index in [2.05, 4.69) is 20.5 Å². The van der Waals surface area contributed by atoms with Crippen LogP contribution in [0.5, 0.6) is 0 Å². The molecule has 3 heterocycles. The van der Waals surface area contributed by atoms with E-state index in [0.717, 1.165) is 6.20 Å². The quantitative estimate of drug-likeness (QED) is 0.414. The van der Waals surface area contributed by atoms with Crippen LogP contribution >= 0.6 is 0 Å². The number of hydrogen-bond acceptors (Lipinski definition) is 10. The zero-order valence-corrected chi connectivity index (χ0v) is 16.7. The minimum atomic E-state index is -0.522. The van der Waals surface area contributed by atoms with Crippen molar-refractivity contribution in [1.29, 1.82) is 0 Å². The summed E-state index contributed by atoms with van der Waals surface area (Å²) in [6.45, 7) is 4.36. The third kappa shape index (κ3) is 5.03. The van der Waals surface area contributed by atoms with Gasteiger partial charge in [0.15, 0.2) is 11.6 Å². The van der Waals surface area contributed by atoms with Crippen molar-refractivity contribution in [2.45, 2.75) is 0 Å². The highest BCUT2D eigenvalue weighted by molar-refractivity contribution is 5.83. The third-order valence-corrected chi connectivity index (χ3v) is 4.96. The van der Waals surface area contributed by atoms with E-state index < -0.39 is 10.7 Å². The zero-order chi connectivity index (χ0) is 21.6. The van der Waals surface area contributed by atoms with Gasteiger partial charge in [0, 0.05) is 37.8 Å². The smallest absolute Gasteiger partial charge is 0.293 e. The summed E-state index contributed by atoms with van der Waals surface area (Å²) >= 11 is 0. The number of halogens is 1. The second-order valence-electron chi connectivity index (χ2n) is 6.94. The van der Waals surface area contributed by atoms with Crippen LogP contribution in [0.1, 0.15) is 5.56 Å². The number of nitrogens with one attached hydrogen (secondary N) is 1. The van der Waals surface area contributed by atoms with Gasteiger partial charge >= 0.3 is 0 Å². The first kappa shape index (κ1) is 20.9. The Labute approximate surface area is 177 Å². The number of anilines is 3. The lowest BCUT2D eigenvalue weighted by Crippen LogP contribution is -2.37. The minimum Gasteiger partial charge on any atom is -0.378 e. The lowest BCUT2D eigenvalue weighted by Gasteiger charge is -2.28. The van der Waals surface area contributed by atoms with E-state index in [0.29, 0.717) is 63.9 Å². The summed E-state index contributed by atoms with van der Waals surface area (Å²) < 4.78 is 24.7. The van der Waals surface area contributed by atoms with Crippen LogP contribution in [0.25, 0.3) is 0 Å². The van der Waals surface area contributed by atoms with Gasteiger partial charge in [0.1, 0.15) is 5.69 Å². The number of nitro groups is 1. The maximum Gasteiger partial charge on any atom is 0.293 e. The van der Waals surface area contributed by atoms with Crippen molar-refractivity contribution in [2.24, 2.45) is 5.10 Å². The van der Waals surface area contributed by atoms with Crippen LogP contribution in [0.15, 0.2) is 29.5 Å². The highest BCUT2D eigenvalue weighted by Gasteiger charge is 2.22. The molecule has 0 amide bonds. The summed E-state index contributed by atoms with van der Waals surface area (Å²) in [4.78, 5) is 22.9. The maximum atomic E-state index is 14.1. The molecular formula is C19H22FN7O4. The summed E-state index contributed by atoms with van der Waals surface area (Å²) in [6.07, 6.45) is 2.51. The Balaban J connectivity index is 1.47. The van der Waals surface area contributed by atoms with Gasteiger partial charge in [0.2, 0.25) is 5.95 Å². The predicted molar refractivity (Wildman–Crippen MR) is 112 cm³/mol. The second-order valence-corrected chi connectivity index (χ2v) is 6.94. The largest absolute Gasteiger partial charge is 0.378 e. The van der Waals surface area contributed by atoms with Gasteiger partial charge < -0.3 is 19.3 Å². The highest BCUT2D eigenvalue weighted by atomic mass is 19.1. The summed E-state index contributed by atoms with van der Waals surface area (Å²) in [5, 5.41) is 15.6. The van der Waals surface area contributed by atoms with Gasteiger partial charge in [-0.3, -0.25) is 10.1 Å². The number of rotatable bonds is 6. The fraction of sp³-hybridized carbons (Fsp3) is 0.421. The van der Waals surface area contributed by atoms with Crippen molar-refractivity contribution in [3.63, 3.8) is 0 Å². The van der Waals surface area contributed by atoms with E-state index in [1.54, 1.807) is 17.0 Å². The number of hydrazone groups is 1. The molecule has 0 unspecified atom stereocenters. The van der Waals surface area contributed by atoms with Crippen LogP contribution < -0.4 is 15.2 Å². The van der Waals surface area contributed by atoms with Crippen LogP contribution in [0.4, 0.5) is 27.5 Å². The van der Waals surface area contributed by atoms with Gasteiger partial charge in [-0.05, 0) is 6.07 Å². The topological polar surface area (TPSA) is 118 Å². The Kier molecular flexibility index (Phi) is 6.48. The maximum absolute atomic E-state index is 14.1. The summed E-state index contributed by atoms with van der Waals surface area (Å²) in [6, 6.07) is 4.91. The van der Waals surface area contributed by atoms with Gasteiger partial charge in [-0.15, -0.1) is 0 Å². The van der Waals surface area contributed by atoms with Crippen molar-refractivity contribution in [2.75, 3.05) is 67.8 Å². The van der Waals surface area contributed by atoms with E-state index in [9.17, 15) is 14.5 Å². The molecule has 31 heavy (non-hydrogen) atoms. The third-order valence-electron chi connectivity index (χ3n) is 4.96. The number of aromatic nitrogens is 2. The lowest BCUT2D eigenvalue weighted by atomic mass is 10.1. The molecule has 0 atom stereocenters. The van der Waals surface area contributed by atoms with E-state index in [1.165, 1.54) is 12.3 Å². The standard InChI is InChI=1S/C19H22FN7O4/c20-15-13-21-19(23-18(15)26-5-9-31-10-6-26)24-22-12-14-1-2-16(17(11-14)27(28)29)25-3-7-30-8-4-25/h1-2,11-13H,3-10H2,(H,21,23,24)/b22-12-. The first-order chi connectivity index (χ1) is 15.1. The number of nitrogens with zero attached hydrogens (tertiary/aromatic N) is 6. The zero-order valence-electron chi connectivity index (χ0n) is 16.7. The number of ether oxygens (including phenoxy) is 2. The predicted octanol–water partition coefficient (Wildman–Crippen LogP) is 1.64. The highest BCUT2D eigenvalue weighted by Crippen LogP contribution is 2.29. The Morgan fingerprint density at radius 1 is 1.13 bits per heavy atom. The summed E-state index contributed by atoms with van der Waals surface area (Å²) in [5.41, 5.74) is 3.74. The molecule has 0 aliphatic carbocycles. The molecule has 1 aromatic carbocycles. The van der Waals surface area contributed by atoms with Crippen LogP contribution in [0.3, 0.4) is 0 Å². The van der Waals surface area contributed by atoms with Gasteiger partial charge in [-0.1, -0.05) is 6.07 Å². The molecule has 12 heteroatoms. The van der Waals surface area contributed by atoms with E-state index >= 15 is 0 Å². The molecule has 2 saturated heterocycles. The normalized spacial score (nSPS) is 17.2. The number of hydrogen-bond donors (Lipinski definition) is 1. The van der Waals surface area contributed by atoms with Gasteiger partial charge in [0.25, 0.3) is 5.69 Å². The molecule has 11 nitrogen and oxygen atoms in total. The van der Waals surface area contributed by atoms with Crippen molar-refractivity contribution in [3.05, 3.63) is 45.9 Å². The molecule has 2 aliphatic rings. The van der Waals surface area contributed by atoms with Gasteiger partial charge in [-0.2, -0.15) is 10.1 Å². The van der Waals surface area contributed by atoms with E-state index in [4.69, 9.17) is 9.47 Å². The Hall–Kier alpha value is -3.38. The average molecular weight is 431 g/mol. The van der Waals surface area contributed by atoms with Gasteiger partial charge in [-0.25, -0.2) is 14.8 Å². The Bertz CT molecular complexity index is 962.